The van der Waals surface area contributed by atoms with Crippen LogP contribution in [0.5, 0.6) is 5.75 Å². The lowest BCUT2D eigenvalue weighted by atomic mass is 10.1. The molecule has 1 saturated heterocycles. The Bertz CT molecular complexity index is 563. The smallest absolute Gasteiger partial charge is 0.334 e. The Labute approximate surface area is 127 Å². The molecule has 1 aliphatic rings. The first-order valence-electron chi connectivity index (χ1n) is 6.96. The van der Waals surface area contributed by atoms with Gasteiger partial charge >= 0.3 is 5.97 Å². The zero-order valence-corrected chi connectivity index (χ0v) is 12.3. The largest absolute Gasteiger partial charge is 0.494 e. The highest BCUT2D eigenvalue weighted by molar-refractivity contribution is 5.78. The predicted octanol–water partition coefficient (Wildman–Crippen LogP) is 1.08. The third-order valence-corrected chi connectivity index (χ3v) is 3.54. The normalized spacial score (nSPS) is 18.1. The predicted molar refractivity (Wildman–Crippen MR) is 75.2 cm³/mol. The topological polar surface area (TPSA) is 76.1 Å². The maximum atomic E-state index is 13.6. The molecule has 22 heavy (non-hydrogen) atoms. The van der Waals surface area contributed by atoms with Gasteiger partial charge in [-0.05, 0) is 24.1 Å². The SMILES string of the molecule is COc1ccc(CCC(=O)N2CCOC(C(=O)O)C2)cc1F. The number of carboxylic acids is 1. The van der Waals surface area contributed by atoms with Gasteiger partial charge in [-0.2, -0.15) is 0 Å². The Morgan fingerprint density at radius 1 is 1.50 bits per heavy atom. The lowest BCUT2D eigenvalue weighted by Gasteiger charge is -2.31. The molecule has 0 saturated carbocycles. The number of morpholine rings is 1. The van der Waals surface area contributed by atoms with E-state index < -0.39 is 17.9 Å². The van der Waals surface area contributed by atoms with Crippen molar-refractivity contribution in [2.75, 3.05) is 26.8 Å². The number of halogens is 1. The zero-order valence-electron chi connectivity index (χ0n) is 12.3. The molecule has 1 unspecified atom stereocenters. The number of ether oxygens (including phenoxy) is 2. The van der Waals surface area contributed by atoms with Crippen molar-refractivity contribution in [2.45, 2.75) is 18.9 Å². The molecular formula is C15H18FNO5. The van der Waals surface area contributed by atoms with Gasteiger partial charge in [-0.1, -0.05) is 6.07 Å². The van der Waals surface area contributed by atoms with Crippen LogP contribution in [-0.4, -0.2) is 54.8 Å². The molecule has 0 radical (unpaired) electrons. The highest BCUT2D eigenvalue weighted by atomic mass is 19.1. The van der Waals surface area contributed by atoms with E-state index in [0.29, 0.717) is 18.5 Å². The molecule has 1 aromatic rings. The zero-order chi connectivity index (χ0) is 16.1. The third kappa shape index (κ3) is 3.94. The minimum Gasteiger partial charge on any atom is -0.494 e. The van der Waals surface area contributed by atoms with E-state index in [1.165, 1.54) is 24.1 Å². The number of rotatable bonds is 5. The van der Waals surface area contributed by atoms with Crippen molar-refractivity contribution in [3.8, 4) is 5.75 Å². The first-order valence-corrected chi connectivity index (χ1v) is 6.96. The van der Waals surface area contributed by atoms with Gasteiger partial charge in [0.1, 0.15) is 0 Å². The van der Waals surface area contributed by atoms with Gasteiger partial charge < -0.3 is 19.5 Å². The van der Waals surface area contributed by atoms with Gasteiger partial charge in [0.15, 0.2) is 17.7 Å². The fraction of sp³-hybridized carbons (Fsp3) is 0.467. The first kappa shape index (κ1) is 16.2. The van der Waals surface area contributed by atoms with Gasteiger partial charge in [0.25, 0.3) is 0 Å². The number of amides is 1. The molecular weight excluding hydrogens is 293 g/mol. The summed E-state index contributed by atoms with van der Waals surface area (Å²) in [6.07, 6.45) is -0.399. The molecule has 6 nitrogen and oxygen atoms in total. The van der Waals surface area contributed by atoms with E-state index in [4.69, 9.17) is 14.6 Å². The van der Waals surface area contributed by atoms with Crippen LogP contribution in [0.1, 0.15) is 12.0 Å². The minimum absolute atomic E-state index is 0.0468. The maximum Gasteiger partial charge on any atom is 0.334 e. The fourth-order valence-electron chi connectivity index (χ4n) is 2.30. The van der Waals surface area contributed by atoms with Crippen LogP contribution >= 0.6 is 0 Å². The second kappa shape index (κ2) is 7.22. The van der Waals surface area contributed by atoms with Crippen LogP contribution in [0.4, 0.5) is 4.39 Å². The van der Waals surface area contributed by atoms with Crippen LogP contribution in [-0.2, 0) is 20.7 Å². The molecule has 1 amide bonds. The minimum atomic E-state index is -1.07. The van der Waals surface area contributed by atoms with Crippen molar-refractivity contribution in [2.24, 2.45) is 0 Å². The Morgan fingerprint density at radius 3 is 2.91 bits per heavy atom. The van der Waals surface area contributed by atoms with E-state index in [2.05, 4.69) is 0 Å². The van der Waals surface area contributed by atoms with Crippen LogP contribution < -0.4 is 4.74 Å². The highest BCUT2D eigenvalue weighted by Gasteiger charge is 2.28. The van der Waals surface area contributed by atoms with Gasteiger partial charge in [0.05, 0.1) is 20.3 Å². The van der Waals surface area contributed by atoms with E-state index in [1.54, 1.807) is 6.07 Å². The summed E-state index contributed by atoms with van der Waals surface area (Å²) in [6, 6.07) is 4.56. The summed E-state index contributed by atoms with van der Waals surface area (Å²) in [4.78, 5) is 24.5. The molecule has 1 aromatic carbocycles. The molecule has 1 fully saturated rings. The Hall–Kier alpha value is -2.15. The Kier molecular flexibility index (Phi) is 5.32. The van der Waals surface area contributed by atoms with Gasteiger partial charge in [0.2, 0.25) is 5.91 Å². The molecule has 1 aliphatic heterocycles. The fourth-order valence-corrected chi connectivity index (χ4v) is 2.30. The number of aliphatic carboxylic acids is 1. The molecule has 2 rings (SSSR count). The average molecular weight is 311 g/mol. The summed E-state index contributed by atoms with van der Waals surface area (Å²) >= 11 is 0. The van der Waals surface area contributed by atoms with Crippen molar-refractivity contribution in [1.29, 1.82) is 0 Å². The maximum absolute atomic E-state index is 13.6. The highest BCUT2D eigenvalue weighted by Crippen LogP contribution is 2.19. The molecule has 120 valence electrons. The number of carbonyl (C=O) groups is 2. The molecule has 0 aliphatic carbocycles. The molecule has 1 atom stereocenters. The van der Waals surface area contributed by atoms with Crippen molar-refractivity contribution in [3.05, 3.63) is 29.6 Å². The van der Waals surface area contributed by atoms with Crippen LogP contribution in [0.25, 0.3) is 0 Å². The number of aryl methyl sites for hydroxylation is 1. The molecule has 0 aromatic heterocycles. The number of nitrogens with zero attached hydrogens (tertiary/aromatic N) is 1. The van der Waals surface area contributed by atoms with E-state index >= 15 is 0 Å². The Morgan fingerprint density at radius 2 is 2.27 bits per heavy atom. The lowest BCUT2D eigenvalue weighted by molar-refractivity contribution is -0.159. The molecule has 1 heterocycles. The number of carboxylic acid groups (broad SMARTS) is 1. The summed E-state index contributed by atoms with van der Waals surface area (Å²) in [5, 5.41) is 8.91. The van der Waals surface area contributed by atoms with E-state index in [-0.39, 0.29) is 31.2 Å². The van der Waals surface area contributed by atoms with Crippen molar-refractivity contribution < 1.29 is 28.6 Å². The summed E-state index contributed by atoms with van der Waals surface area (Å²) < 4.78 is 23.5. The van der Waals surface area contributed by atoms with E-state index in [0.717, 1.165) is 0 Å². The van der Waals surface area contributed by atoms with Gasteiger partial charge in [-0.25, -0.2) is 9.18 Å². The summed E-state index contributed by atoms with van der Waals surface area (Å²) in [5.41, 5.74) is 0.690. The monoisotopic (exact) mass is 311 g/mol. The molecule has 0 bridgehead atoms. The average Bonchev–Trinajstić information content (AvgIpc) is 2.52. The van der Waals surface area contributed by atoms with Gasteiger partial charge in [-0.15, -0.1) is 0 Å². The Balaban J connectivity index is 1.89. The van der Waals surface area contributed by atoms with Gasteiger partial charge in [-0.3, -0.25) is 4.79 Å². The quantitative estimate of drug-likeness (QED) is 0.880. The lowest BCUT2D eigenvalue weighted by Crippen LogP contribution is -2.48. The van der Waals surface area contributed by atoms with Crippen LogP contribution in [0.15, 0.2) is 18.2 Å². The standard InChI is InChI=1S/C15H18FNO5/c1-21-12-4-2-10(8-11(12)16)3-5-14(18)17-6-7-22-13(9-17)15(19)20/h2,4,8,13H,3,5-7,9H2,1H3,(H,19,20). The summed E-state index contributed by atoms with van der Waals surface area (Å²) in [7, 11) is 1.39. The number of benzene rings is 1. The van der Waals surface area contributed by atoms with Crippen LogP contribution in [0, 0.1) is 5.82 Å². The molecule has 0 spiro atoms. The van der Waals surface area contributed by atoms with E-state index in [1.807, 2.05) is 0 Å². The number of carbonyl (C=O) groups excluding carboxylic acids is 1. The van der Waals surface area contributed by atoms with Crippen molar-refractivity contribution >= 4 is 11.9 Å². The summed E-state index contributed by atoms with van der Waals surface area (Å²) in [5.74, 6) is -1.54. The second-order valence-corrected chi connectivity index (χ2v) is 5.01. The molecule has 1 N–H and O–H groups in total. The number of hydrogen-bond donors (Lipinski definition) is 1. The van der Waals surface area contributed by atoms with Crippen LogP contribution in [0.2, 0.25) is 0 Å². The van der Waals surface area contributed by atoms with E-state index in [9.17, 15) is 14.0 Å². The summed E-state index contributed by atoms with van der Waals surface area (Å²) in [6.45, 7) is 0.630. The molecule has 7 heteroatoms. The van der Waals surface area contributed by atoms with Crippen molar-refractivity contribution in [3.63, 3.8) is 0 Å². The number of methoxy groups -OCH3 is 1. The van der Waals surface area contributed by atoms with Crippen molar-refractivity contribution in [1.82, 2.24) is 4.90 Å². The number of hydrogen-bond acceptors (Lipinski definition) is 4. The third-order valence-electron chi connectivity index (χ3n) is 3.54. The van der Waals surface area contributed by atoms with Gasteiger partial charge in [0, 0.05) is 13.0 Å². The second-order valence-electron chi connectivity index (χ2n) is 5.01. The first-order chi connectivity index (χ1) is 10.5. The van der Waals surface area contributed by atoms with Crippen LogP contribution in [0.3, 0.4) is 0 Å².